The number of ketones is 2. The van der Waals surface area contributed by atoms with E-state index in [0.29, 0.717) is 18.1 Å². The Bertz CT molecular complexity index is 1260. The van der Waals surface area contributed by atoms with Gasteiger partial charge in [-0.1, -0.05) is 40.2 Å². The number of carbonyl (C=O) groups is 2. The van der Waals surface area contributed by atoms with Crippen LogP contribution in [0.5, 0.6) is 0 Å². The molecule has 6 nitrogen and oxygen atoms in total. The first-order chi connectivity index (χ1) is 14.1. The molecule has 0 radical (unpaired) electrons. The number of carbonyl (C=O) groups excluding carboxylic acids is 2. The lowest BCUT2D eigenvalue weighted by Gasteiger charge is -2.17. The molecule has 2 aromatic heterocycles. The van der Waals surface area contributed by atoms with Gasteiger partial charge in [0.2, 0.25) is 5.78 Å². The summed E-state index contributed by atoms with van der Waals surface area (Å²) in [5.41, 5.74) is 3.97. The third kappa shape index (κ3) is 3.09. The zero-order valence-corrected chi connectivity index (χ0v) is 17.3. The van der Waals surface area contributed by atoms with E-state index in [1.54, 1.807) is 0 Å². The van der Waals surface area contributed by atoms with Gasteiger partial charge >= 0.3 is 0 Å². The molecule has 29 heavy (non-hydrogen) atoms. The maximum absolute atomic E-state index is 11.9. The summed E-state index contributed by atoms with van der Waals surface area (Å²) in [5, 5.41) is 0. The second kappa shape index (κ2) is 7.22. The molecule has 6 rings (SSSR count). The number of hydrogen-bond acceptors (Lipinski definition) is 4. The van der Waals surface area contributed by atoms with Crippen LogP contribution in [0.1, 0.15) is 40.5 Å². The van der Waals surface area contributed by atoms with Crippen LogP contribution < -0.4 is 0 Å². The number of aromatic nitrogens is 4. The van der Waals surface area contributed by atoms with Crippen molar-refractivity contribution >= 4 is 49.6 Å². The number of aryl methyl sites for hydroxylation is 2. The van der Waals surface area contributed by atoms with Gasteiger partial charge in [0.1, 0.15) is 0 Å². The molecule has 7 heteroatoms. The number of nitrogens with zero attached hydrogens (tertiary/aromatic N) is 4. The van der Waals surface area contributed by atoms with E-state index in [1.807, 2.05) is 57.7 Å². The summed E-state index contributed by atoms with van der Waals surface area (Å²) in [5.74, 6) is 1.49. The Kier molecular flexibility index (Phi) is 4.54. The Morgan fingerprint density at radius 2 is 1.41 bits per heavy atom. The Balaban J connectivity index is 0.000000125. The summed E-state index contributed by atoms with van der Waals surface area (Å²) in [6.07, 6.45) is 2.42. The van der Waals surface area contributed by atoms with Crippen LogP contribution in [0.4, 0.5) is 0 Å². The van der Waals surface area contributed by atoms with Gasteiger partial charge in [0, 0.05) is 19.5 Å². The molecule has 146 valence electrons. The van der Waals surface area contributed by atoms with Gasteiger partial charge in [-0.25, -0.2) is 9.97 Å². The van der Waals surface area contributed by atoms with Gasteiger partial charge in [-0.15, -0.1) is 0 Å². The molecule has 0 saturated carbocycles. The lowest BCUT2D eigenvalue weighted by molar-refractivity contribution is 0.0946. The molecule has 0 N–H and O–H groups in total. The number of rotatable bonds is 0. The van der Waals surface area contributed by atoms with Crippen molar-refractivity contribution in [1.82, 2.24) is 19.1 Å². The van der Waals surface area contributed by atoms with Crippen molar-refractivity contribution in [1.29, 1.82) is 0 Å². The Labute approximate surface area is 175 Å². The number of halogens is 1. The molecule has 0 fully saturated rings. The third-order valence-corrected chi connectivity index (χ3v) is 6.33. The standard InChI is InChI=1S/C11H9BrN2O.C11H10N2O/c12-7-5-6-14-9-4-2-1-3-8(9)13-11(14)10(7)15;14-10-6-3-7-13-9-5-2-1-4-8(9)12-11(10)13/h1-4,7H,5-6H2;1-2,4-5H,3,6-7H2. The maximum Gasteiger partial charge on any atom is 0.211 e. The van der Waals surface area contributed by atoms with Gasteiger partial charge in [0.15, 0.2) is 17.4 Å². The monoisotopic (exact) mass is 450 g/mol. The van der Waals surface area contributed by atoms with Crippen molar-refractivity contribution in [3.63, 3.8) is 0 Å². The highest BCUT2D eigenvalue weighted by Crippen LogP contribution is 2.25. The number of imidazole rings is 2. The zero-order valence-electron chi connectivity index (χ0n) is 15.7. The van der Waals surface area contributed by atoms with Crippen LogP contribution >= 0.6 is 15.9 Å². The quantitative estimate of drug-likeness (QED) is 0.372. The van der Waals surface area contributed by atoms with Gasteiger partial charge in [-0.2, -0.15) is 0 Å². The van der Waals surface area contributed by atoms with Gasteiger partial charge < -0.3 is 9.13 Å². The van der Waals surface area contributed by atoms with Crippen LogP contribution in [0, 0.1) is 0 Å². The van der Waals surface area contributed by atoms with E-state index in [9.17, 15) is 9.59 Å². The molecule has 2 aromatic carbocycles. The molecule has 1 atom stereocenters. The molecule has 1 unspecified atom stereocenters. The highest BCUT2D eigenvalue weighted by molar-refractivity contribution is 9.10. The van der Waals surface area contributed by atoms with Crippen molar-refractivity contribution in [3.05, 3.63) is 60.2 Å². The van der Waals surface area contributed by atoms with Crippen molar-refractivity contribution in [2.24, 2.45) is 0 Å². The molecular weight excluding hydrogens is 432 g/mol. The lowest BCUT2D eigenvalue weighted by Crippen LogP contribution is -2.26. The molecule has 2 aliphatic heterocycles. The minimum atomic E-state index is -0.0678. The molecule has 4 aromatic rings. The maximum atomic E-state index is 11.9. The smallest absolute Gasteiger partial charge is 0.211 e. The summed E-state index contributed by atoms with van der Waals surface area (Å²) < 4.78 is 4.04. The van der Waals surface area contributed by atoms with Crippen LogP contribution in [0.2, 0.25) is 0 Å². The number of alkyl halides is 1. The molecular formula is C22H19BrN4O2. The average Bonchev–Trinajstić information content (AvgIpc) is 3.31. The van der Waals surface area contributed by atoms with E-state index in [-0.39, 0.29) is 16.4 Å². The summed E-state index contributed by atoms with van der Waals surface area (Å²) in [6.45, 7) is 1.78. The predicted octanol–water partition coefficient (Wildman–Crippen LogP) is 4.40. The fourth-order valence-corrected chi connectivity index (χ4v) is 4.44. The van der Waals surface area contributed by atoms with Crippen LogP contribution in [0.3, 0.4) is 0 Å². The number of Topliss-reactive ketones (excluding diaryl/α,β-unsaturated/α-hetero) is 2. The van der Waals surface area contributed by atoms with Crippen molar-refractivity contribution < 1.29 is 9.59 Å². The van der Waals surface area contributed by atoms with Gasteiger partial charge in [0.25, 0.3) is 0 Å². The predicted molar refractivity (Wildman–Crippen MR) is 115 cm³/mol. The van der Waals surface area contributed by atoms with Gasteiger partial charge in [0.05, 0.1) is 26.9 Å². The molecule has 0 saturated heterocycles. The highest BCUT2D eigenvalue weighted by atomic mass is 79.9. The average molecular weight is 451 g/mol. The molecule has 4 heterocycles. The topological polar surface area (TPSA) is 69.8 Å². The molecule has 0 bridgehead atoms. The minimum absolute atomic E-state index is 0.0678. The van der Waals surface area contributed by atoms with Crippen molar-refractivity contribution in [2.45, 2.75) is 37.2 Å². The van der Waals surface area contributed by atoms with Crippen LogP contribution in [0.25, 0.3) is 22.1 Å². The second-order valence-electron chi connectivity index (χ2n) is 7.30. The van der Waals surface area contributed by atoms with E-state index < -0.39 is 0 Å². The molecule has 0 spiro atoms. The van der Waals surface area contributed by atoms with E-state index >= 15 is 0 Å². The molecule has 0 aliphatic carbocycles. The summed E-state index contributed by atoms with van der Waals surface area (Å²) in [6, 6.07) is 15.8. The Morgan fingerprint density at radius 1 is 0.828 bits per heavy atom. The SMILES string of the molecule is O=C1CCCn2c1nc1ccccc12.O=C1c2nc3ccccc3n2CCC1Br. The highest BCUT2D eigenvalue weighted by Gasteiger charge is 2.28. The molecule has 0 amide bonds. The zero-order chi connectivity index (χ0) is 20.0. The first kappa shape index (κ1) is 18.2. The first-order valence-electron chi connectivity index (χ1n) is 9.75. The van der Waals surface area contributed by atoms with E-state index in [2.05, 4.69) is 25.9 Å². The second-order valence-corrected chi connectivity index (χ2v) is 8.40. The number of hydrogen-bond donors (Lipinski definition) is 0. The number of fused-ring (bicyclic) bond motifs is 6. The van der Waals surface area contributed by atoms with Crippen LogP contribution in [0.15, 0.2) is 48.5 Å². The van der Waals surface area contributed by atoms with E-state index in [4.69, 9.17) is 0 Å². The summed E-state index contributed by atoms with van der Waals surface area (Å²) >= 11 is 3.38. The van der Waals surface area contributed by atoms with Crippen LogP contribution in [-0.2, 0) is 13.1 Å². The van der Waals surface area contributed by atoms with Gasteiger partial charge in [-0.05, 0) is 37.1 Å². The fourth-order valence-electron chi connectivity index (χ4n) is 4.03. The number of para-hydroxylation sites is 4. The minimum Gasteiger partial charge on any atom is -0.321 e. The van der Waals surface area contributed by atoms with Gasteiger partial charge in [-0.3, -0.25) is 9.59 Å². The van der Waals surface area contributed by atoms with E-state index in [1.165, 1.54) is 0 Å². The van der Waals surface area contributed by atoms with Crippen LogP contribution in [-0.4, -0.2) is 35.5 Å². The molecule has 2 aliphatic rings. The lowest BCUT2D eigenvalue weighted by atomic mass is 10.1. The fraction of sp³-hybridized carbons (Fsp3) is 0.273. The third-order valence-electron chi connectivity index (χ3n) is 5.46. The largest absolute Gasteiger partial charge is 0.321 e. The Hall–Kier alpha value is -2.80. The summed E-state index contributed by atoms with van der Waals surface area (Å²) in [7, 11) is 0. The van der Waals surface area contributed by atoms with E-state index in [0.717, 1.165) is 48.0 Å². The van der Waals surface area contributed by atoms with Crippen molar-refractivity contribution in [2.75, 3.05) is 0 Å². The Morgan fingerprint density at radius 3 is 2.10 bits per heavy atom. The van der Waals surface area contributed by atoms with Crippen molar-refractivity contribution in [3.8, 4) is 0 Å². The summed E-state index contributed by atoms with van der Waals surface area (Å²) in [4.78, 5) is 32.1. The normalized spacial score (nSPS) is 18.3. The number of benzene rings is 2. The first-order valence-corrected chi connectivity index (χ1v) is 10.7.